The zero-order chi connectivity index (χ0) is 17.2. The number of anilines is 2. The molecule has 6 heteroatoms. The lowest BCUT2D eigenvalue weighted by molar-refractivity contribution is 0.659. The van der Waals surface area contributed by atoms with Gasteiger partial charge < -0.3 is 10.6 Å². The molecule has 2 heterocycles. The number of aryl methyl sites for hydroxylation is 1. The molecule has 0 unspecified atom stereocenters. The summed E-state index contributed by atoms with van der Waals surface area (Å²) < 4.78 is 1.90. The van der Waals surface area contributed by atoms with E-state index in [0.717, 1.165) is 35.7 Å². The normalized spacial score (nSPS) is 13.5. The molecule has 3 aromatic rings. The molecule has 0 spiro atoms. The van der Waals surface area contributed by atoms with E-state index in [1.165, 1.54) is 18.4 Å². The fraction of sp³-hybridized carbons (Fsp3) is 0.316. The summed E-state index contributed by atoms with van der Waals surface area (Å²) in [6.45, 7) is 0.683. The summed E-state index contributed by atoms with van der Waals surface area (Å²) in [6, 6.07) is 12.2. The Morgan fingerprint density at radius 2 is 1.88 bits per heavy atom. The number of nitrogen functional groups attached to an aromatic ring is 1. The quantitative estimate of drug-likeness (QED) is 0.794. The van der Waals surface area contributed by atoms with E-state index in [1.807, 2.05) is 54.3 Å². The van der Waals surface area contributed by atoms with Crippen LogP contribution >= 0.6 is 0 Å². The van der Waals surface area contributed by atoms with Gasteiger partial charge in [0.25, 0.3) is 0 Å². The molecule has 0 aliphatic heterocycles. The largest absolute Gasteiger partial charge is 0.368 e. The van der Waals surface area contributed by atoms with Gasteiger partial charge in [0.2, 0.25) is 5.95 Å². The molecule has 0 fully saturated rings. The lowest BCUT2D eigenvalue weighted by Gasteiger charge is -2.24. The second kappa shape index (κ2) is 6.55. The molecule has 0 atom stereocenters. The summed E-state index contributed by atoms with van der Waals surface area (Å²) in [7, 11) is 2.04. The monoisotopic (exact) mass is 334 g/mol. The van der Waals surface area contributed by atoms with Crippen molar-refractivity contribution in [1.82, 2.24) is 19.7 Å². The molecule has 0 bridgehead atoms. The van der Waals surface area contributed by atoms with E-state index in [1.54, 1.807) is 0 Å². The number of hydrogen-bond donors (Lipinski definition) is 1. The Balaban J connectivity index is 1.58. The Morgan fingerprint density at radius 1 is 1.08 bits per heavy atom. The minimum Gasteiger partial charge on any atom is -0.368 e. The van der Waals surface area contributed by atoms with Gasteiger partial charge in [-0.05, 0) is 43.9 Å². The summed E-state index contributed by atoms with van der Waals surface area (Å²) in [5.74, 6) is 1.30. The molecular formula is C19H22N6. The van der Waals surface area contributed by atoms with Crippen molar-refractivity contribution in [3.8, 4) is 5.69 Å². The van der Waals surface area contributed by atoms with Crippen LogP contribution in [0.25, 0.3) is 5.69 Å². The van der Waals surface area contributed by atoms with Crippen molar-refractivity contribution in [3.63, 3.8) is 0 Å². The lowest BCUT2D eigenvalue weighted by Crippen LogP contribution is -2.23. The van der Waals surface area contributed by atoms with Crippen molar-refractivity contribution in [3.05, 3.63) is 59.5 Å². The zero-order valence-electron chi connectivity index (χ0n) is 14.4. The SMILES string of the molecule is CN(Cc1ccn(-c2ccccc2)n1)c1nc(N)nc2c1CCCC2. The van der Waals surface area contributed by atoms with Gasteiger partial charge in [0.15, 0.2) is 0 Å². The maximum Gasteiger partial charge on any atom is 0.222 e. The van der Waals surface area contributed by atoms with Crippen LogP contribution in [0.5, 0.6) is 0 Å². The average molecular weight is 334 g/mol. The van der Waals surface area contributed by atoms with Gasteiger partial charge in [-0.1, -0.05) is 18.2 Å². The van der Waals surface area contributed by atoms with E-state index in [4.69, 9.17) is 5.73 Å². The number of para-hydroxylation sites is 1. The number of hydrogen-bond acceptors (Lipinski definition) is 5. The second-order valence-corrected chi connectivity index (χ2v) is 6.48. The average Bonchev–Trinajstić information content (AvgIpc) is 3.10. The molecule has 0 amide bonds. The summed E-state index contributed by atoms with van der Waals surface area (Å²) in [4.78, 5) is 11.1. The molecule has 0 radical (unpaired) electrons. The van der Waals surface area contributed by atoms with Crippen LogP contribution in [-0.4, -0.2) is 26.8 Å². The van der Waals surface area contributed by atoms with Crippen LogP contribution in [0.1, 0.15) is 29.8 Å². The summed E-state index contributed by atoms with van der Waals surface area (Å²) in [5, 5.41) is 4.68. The highest BCUT2D eigenvalue weighted by Crippen LogP contribution is 2.28. The first-order chi connectivity index (χ1) is 12.2. The van der Waals surface area contributed by atoms with Gasteiger partial charge in [-0.25, -0.2) is 9.67 Å². The number of fused-ring (bicyclic) bond motifs is 1. The molecule has 0 saturated carbocycles. The third kappa shape index (κ3) is 3.20. The van der Waals surface area contributed by atoms with E-state index in [-0.39, 0.29) is 0 Å². The summed E-state index contributed by atoms with van der Waals surface area (Å²) >= 11 is 0. The first-order valence-electron chi connectivity index (χ1n) is 8.67. The van der Waals surface area contributed by atoms with Crippen LogP contribution in [0.3, 0.4) is 0 Å². The van der Waals surface area contributed by atoms with Crippen LogP contribution < -0.4 is 10.6 Å². The minimum atomic E-state index is 0.359. The zero-order valence-corrected chi connectivity index (χ0v) is 14.4. The Bertz CT molecular complexity index is 871. The van der Waals surface area contributed by atoms with Crippen LogP contribution in [0, 0.1) is 0 Å². The molecule has 4 rings (SSSR count). The number of nitrogens with two attached hydrogens (primary N) is 1. The van der Waals surface area contributed by atoms with E-state index >= 15 is 0 Å². The molecule has 1 aromatic carbocycles. The molecule has 6 nitrogen and oxygen atoms in total. The first-order valence-corrected chi connectivity index (χ1v) is 8.67. The predicted octanol–water partition coefficient (Wildman–Crippen LogP) is 2.76. The van der Waals surface area contributed by atoms with Gasteiger partial charge in [-0.2, -0.15) is 10.1 Å². The summed E-state index contributed by atoms with van der Waals surface area (Å²) in [6.07, 6.45) is 6.36. The number of benzene rings is 1. The van der Waals surface area contributed by atoms with Crippen molar-refractivity contribution in [1.29, 1.82) is 0 Å². The molecule has 2 aromatic heterocycles. The van der Waals surface area contributed by atoms with Crippen molar-refractivity contribution in [2.24, 2.45) is 0 Å². The van der Waals surface area contributed by atoms with Gasteiger partial charge in [0.1, 0.15) is 5.82 Å². The number of aromatic nitrogens is 4. The topological polar surface area (TPSA) is 72.9 Å². The molecule has 2 N–H and O–H groups in total. The maximum atomic E-state index is 5.93. The molecule has 1 aliphatic rings. The van der Waals surface area contributed by atoms with E-state index in [2.05, 4.69) is 20.0 Å². The third-order valence-electron chi connectivity index (χ3n) is 4.60. The lowest BCUT2D eigenvalue weighted by atomic mass is 9.96. The fourth-order valence-electron chi connectivity index (χ4n) is 3.40. The Morgan fingerprint density at radius 3 is 2.72 bits per heavy atom. The van der Waals surface area contributed by atoms with Crippen LogP contribution in [0.15, 0.2) is 42.6 Å². The van der Waals surface area contributed by atoms with E-state index < -0.39 is 0 Å². The highest BCUT2D eigenvalue weighted by molar-refractivity contribution is 5.52. The Hall–Kier alpha value is -2.89. The van der Waals surface area contributed by atoms with Gasteiger partial charge in [0.05, 0.1) is 23.6 Å². The van der Waals surface area contributed by atoms with Crippen LogP contribution in [0.4, 0.5) is 11.8 Å². The first kappa shape index (κ1) is 15.6. The predicted molar refractivity (Wildman–Crippen MR) is 98.8 cm³/mol. The molecule has 25 heavy (non-hydrogen) atoms. The molecular weight excluding hydrogens is 312 g/mol. The van der Waals surface area contributed by atoms with Crippen molar-refractivity contribution >= 4 is 11.8 Å². The Labute approximate surface area is 147 Å². The fourth-order valence-corrected chi connectivity index (χ4v) is 3.40. The highest BCUT2D eigenvalue weighted by Gasteiger charge is 2.20. The van der Waals surface area contributed by atoms with Gasteiger partial charge in [0, 0.05) is 18.8 Å². The number of nitrogens with zero attached hydrogens (tertiary/aromatic N) is 5. The third-order valence-corrected chi connectivity index (χ3v) is 4.60. The van der Waals surface area contributed by atoms with Gasteiger partial charge >= 0.3 is 0 Å². The highest BCUT2D eigenvalue weighted by atomic mass is 15.3. The van der Waals surface area contributed by atoms with E-state index in [0.29, 0.717) is 12.5 Å². The van der Waals surface area contributed by atoms with E-state index in [9.17, 15) is 0 Å². The van der Waals surface area contributed by atoms with Crippen LogP contribution in [-0.2, 0) is 19.4 Å². The maximum absolute atomic E-state index is 5.93. The second-order valence-electron chi connectivity index (χ2n) is 6.48. The standard InChI is InChI=1S/C19H22N6/c1-24(18-16-9-5-6-10-17(16)21-19(20)22-18)13-14-11-12-25(23-14)15-7-3-2-4-8-15/h2-4,7-8,11-12H,5-6,9-10,13H2,1H3,(H2,20,21,22). The smallest absolute Gasteiger partial charge is 0.222 e. The molecule has 128 valence electrons. The number of rotatable bonds is 4. The van der Waals surface area contributed by atoms with Crippen molar-refractivity contribution < 1.29 is 0 Å². The molecule has 0 saturated heterocycles. The van der Waals surface area contributed by atoms with Crippen molar-refractivity contribution in [2.45, 2.75) is 32.2 Å². The van der Waals surface area contributed by atoms with Gasteiger partial charge in [-0.15, -0.1) is 0 Å². The van der Waals surface area contributed by atoms with Crippen molar-refractivity contribution in [2.75, 3.05) is 17.7 Å². The minimum absolute atomic E-state index is 0.359. The van der Waals surface area contributed by atoms with Gasteiger partial charge in [-0.3, -0.25) is 0 Å². The van der Waals surface area contributed by atoms with Crippen LogP contribution in [0.2, 0.25) is 0 Å². The molecule has 1 aliphatic carbocycles. The Kier molecular flexibility index (Phi) is 4.09. The summed E-state index contributed by atoms with van der Waals surface area (Å²) in [5.41, 5.74) is 10.3.